The lowest BCUT2D eigenvalue weighted by atomic mass is 9.99. The summed E-state index contributed by atoms with van der Waals surface area (Å²) in [4.78, 5) is 151. The summed E-state index contributed by atoms with van der Waals surface area (Å²) in [5.74, 6) is -2.71. The number of imidazole rings is 3. The van der Waals surface area contributed by atoms with Crippen molar-refractivity contribution in [2.24, 2.45) is 47.3 Å². The van der Waals surface area contributed by atoms with E-state index in [-0.39, 0.29) is 109 Å². The Morgan fingerprint density at radius 1 is 0.467 bits per heavy atom. The molecule has 10 rings (SSSR count). The van der Waals surface area contributed by atoms with E-state index in [4.69, 9.17) is 45.0 Å². The van der Waals surface area contributed by atoms with Crippen LogP contribution < -0.4 is 53.2 Å². The van der Waals surface area contributed by atoms with Crippen molar-refractivity contribution in [1.82, 2.24) is 88.6 Å². The van der Waals surface area contributed by atoms with E-state index in [2.05, 4.69) is 97.1 Å². The number of carbonyl (C=O) groups is 10. The summed E-state index contributed by atoms with van der Waals surface area (Å²) in [6, 6.07) is 11.5. The van der Waals surface area contributed by atoms with E-state index >= 15 is 0 Å². The van der Waals surface area contributed by atoms with Gasteiger partial charge in [0.1, 0.15) is 33.9 Å². The van der Waals surface area contributed by atoms with Crippen molar-refractivity contribution in [3.63, 3.8) is 0 Å². The number of aryl methyl sites for hydroxylation is 8. The first-order valence-corrected chi connectivity index (χ1v) is 40.8. The number of rotatable bonds is 49. The average molecular weight is 1730 g/mol. The molecule has 40 nitrogen and oxygen atoms in total. The highest BCUT2D eigenvalue weighted by atomic mass is 35.5. The van der Waals surface area contributed by atoms with E-state index in [1.54, 1.807) is 81.3 Å². The number of hydrogen-bond acceptors (Lipinski definition) is 24. The van der Waals surface area contributed by atoms with Crippen molar-refractivity contribution in [1.29, 1.82) is 0 Å². The molecule has 0 saturated heterocycles. The molecule has 0 unspecified atom stereocenters. The maximum absolute atomic E-state index is 13.4. The lowest BCUT2D eigenvalue weighted by Crippen LogP contribution is -2.31. The minimum absolute atomic E-state index is 0.0302. The molecular formula is C80H105ClN24O16S. The van der Waals surface area contributed by atoms with E-state index < -0.39 is 47.4 Å². The Kier molecular flexibility index (Phi) is 34.4. The number of anilines is 5. The number of aliphatic imine (C=N–C) groups is 1. The summed E-state index contributed by atoms with van der Waals surface area (Å²) in [7, 11) is 11.7. The Hall–Kier alpha value is -12.1. The standard InChI is InChI=1S/C80H105ClN24O16S/c1-50-51(2)122-80-68(50)69(53-13-15-54(81)16-14-53)91-58(70-97-96-52(3)105(70)80)44-67(109)83-25-30-117-32-34-119-36-38-121-40-39-120-37-35-118-33-31-116-29-19-64(106)82-20-11-26-98(4)27-12-21-85-74(110)59-42-56(46-100(59)6)89-78(114)72-94-62(48-103(72)9)92-66(108)18-23-87-76(112)61-43-57(47-102(61)8)90-79(115)73-95-63(49-104(73)10)93-65(107)17-22-86-75(111)60-41-55(45-101(60)7)88-77(113)71-84-24-28-99(71)5/h13-16,24,28,41-43,45-49,58H,11-12,17-23,25-27,29-40,44H2,1-10H3,(H,82,106)(H,83,109)(H,85,110)(H,86,111)(H,87,112)(H,88,113)(H,89,114)(H,90,115)(H,92,108)(H,93,107)/t58-/m0/s1. The highest BCUT2D eigenvalue weighted by molar-refractivity contribution is 7.15. The number of carbonyl (C=O) groups excluding carboxylic acids is 10. The Labute approximate surface area is 712 Å². The quantitative estimate of drug-likeness (QED) is 0.0234. The van der Waals surface area contributed by atoms with Crippen LogP contribution in [0.5, 0.6) is 0 Å². The molecule has 0 bridgehead atoms. The van der Waals surface area contributed by atoms with Gasteiger partial charge < -0.3 is 114 Å². The fourth-order valence-corrected chi connectivity index (χ4v) is 14.1. The number of fused-ring (bicyclic) bond motifs is 3. The first-order chi connectivity index (χ1) is 58.7. The van der Waals surface area contributed by atoms with E-state index in [1.165, 1.54) is 66.1 Å². The third kappa shape index (κ3) is 26.7. The number of ether oxygens (including phenoxy) is 6. The maximum Gasteiger partial charge on any atom is 0.291 e. The summed E-state index contributed by atoms with van der Waals surface area (Å²) >= 11 is 7.90. The van der Waals surface area contributed by atoms with Gasteiger partial charge in [-0.3, -0.25) is 57.5 Å². The molecule has 42 heteroatoms. The zero-order valence-corrected chi connectivity index (χ0v) is 71.5. The topological polar surface area (TPSA) is 461 Å². The van der Waals surface area contributed by atoms with Crippen molar-refractivity contribution < 1.29 is 76.4 Å². The maximum atomic E-state index is 13.4. The summed E-state index contributed by atoms with van der Waals surface area (Å²) in [6.07, 6.45) is 12.1. The average Bonchev–Trinajstić information content (AvgIpc) is 1.59. The monoisotopic (exact) mass is 1720 g/mol. The number of aromatic nitrogens is 12. The molecule has 9 heterocycles. The third-order valence-electron chi connectivity index (χ3n) is 19.2. The van der Waals surface area contributed by atoms with Crippen LogP contribution in [0, 0.1) is 20.8 Å². The minimum atomic E-state index is -0.643. The molecule has 1 aliphatic rings. The van der Waals surface area contributed by atoms with Crippen LogP contribution in [0.1, 0.15) is 141 Å². The Balaban J connectivity index is 0.492. The van der Waals surface area contributed by atoms with Gasteiger partial charge in [0.15, 0.2) is 23.3 Å². The van der Waals surface area contributed by atoms with Gasteiger partial charge in [0.2, 0.25) is 35.3 Å². The van der Waals surface area contributed by atoms with Crippen LogP contribution in [0.15, 0.2) is 90.8 Å². The Bertz CT molecular complexity index is 5160. The van der Waals surface area contributed by atoms with Crippen LogP contribution >= 0.6 is 22.9 Å². The molecule has 0 aliphatic carbocycles. The van der Waals surface area contributed by atoms with Crippen LogP contribution in [0.25, 0.3) is 5.00 Å². The summed E-state index contributed by atoms with van der Waals surface area (Å²) in [5.41, 5.74) is 5.51. The number of halogens is 1. The normalized spacial score (nSPS) is 12.3. The van der Waals surface area contributed by atoms with Gasteiger partial charge in [-0.05, 0) is 89.6 Å². The lowest BCUT2D eigenvalue weighted by Gasteiger charge is -2.17. The van der Waals surface area contributed by atoms with Gasteiger partial charge in [-0.1, -0.05) is 23.7 Å². The fraction of sp³-hybridized carbons (Fsp3) is 0.450. The van der Waals surface area contributed by atoms with Crippen LogP contribution in [-0.2, 0) is 89.9 Å². The molecule has 9 aromatic rings. The van der Waals surface area contributed by atoms with Crippen molar-refractivity contribution in [3.8, 4) is 5.00 Å². The number of hydrogen-bond donors (Lipinski definition) is 10. The molecule has 1 aromatic carbocycles. The third-order valence-corrected chi connectivity index (χ3v) is 20.6. The number of benzene rings is 1. The zero-order valence-electron chi connectivity index (χ0n) is 69.9. The molecule has 10 amide bonds. The summed E-state index contributed by atoms with van der Waals surface area (Å²) in [5, 5.41) is 38.0. The van der Waals surface area contributed by atoms with Crippen molar-refractivity contribution in [2.45, 2.75) is 65.3 Å². The van der Waals surface area contributed by atoms with Crippen molar-refractivity contribution >= 4 is 116 Å². The molecule has 0 fully saturated rings. The molecule has 8 aromatic heterocycles. The molecular weight excluding hydrogens is 1620 g/mol. The second-order valence-electron chi connectivity index (χ2n) is 28.6. The number of amides is 10. The first-order valence-electron chi connectivity index (χ1n) is 39.6. The molecule has 1 atom stereocenters. The first kappa shape index (κ1) is 92.2. The van der Waals surface area contributed by atoms with Crippen LogP contribution in [0.3, 0.4) is 0 Å². The number of nitrogens with zero attached hydrogens (tertiary/aromatic N) is 14. The largest absolute Gasteiger partial charge is 0.379 e. The van der Waals surface area contributed by atoms with Gasteiger partial charge in [-0.2, -0.15) is 0 Å². The van der Waals surface area contributed by atoms with E-state index in [0.717, 1.165) is 46.2 Å². The summed E-state index contributed by atoms with van der Waals surface area (Å²) in [6.45, 7) is 13.0. The van der Waals surface area contributed by atoms with E-state index in [1.807, 2.05) is 42.8 Å². The van der Waals surface area contributed by atoms with Crippen LogP contribution in [-0.4, -0.2) is 259 Å². The number of thiophene rings is 1. The van der Waals surface area contributed by atoms with Gasteiger partial charge in [0.05, 0.1) is 108 Å². The van der Waals surface area contributed by atoms with E-state index in [0.29, 0.717) is 133 Å². The molecule has 1 aliphatic heterocycles. The van der Waals surface area contributed by atoms with Gasteiger partial charge in [-0.15, -0.1) is 21.5 Å². The second kappa shape index (κ2) is 45.5. The smallest absolute Gasteiger partial charge is 0.291 e. The Morgan fingerprint density at radius 2 is 0.910 bits per heavy atom. The molecule has 122 heavy (non-hydrogen) atoms. The highest BCUT2D eigenvalue weighted by Gasteiger charge is 2.33. The second-order valence-corrected chi connectivity index (χ2v) is 30.3. The molecule has 0 radical (unpaired) electrons. The van der Waals surface area contributed by atoms with E-state index in [9.17, 15) is 47.9 Å². The van der Waals surface area contributed by atoms with Crippen molar-refractivity contribution in [3.05, 3.63) is 159 Å². The lowest BCUT2D eigenvalue weighted by molar-refractivity contribution is -0.122. The Morgan fingerprint density at radius 3 is 1.39 bits per heavy atom. The SMILES string of the molecule is Cc1sc2c(c1C)C(c1ccc(Cl)cc1)=N[C@@H](CC(=O)NCCOCCOCCOCCOCCOCCOCCC(=O)NCCCN(C)CCCNC(=O)c1cc(NC(=O)c3nc(NC(=O)CCNC(=O)c4cc(NC(=O)c5nc(NC(=O)CCNC(=O)c6cc(NC(=O)c7nccn7C)cn6C)cn5C)cn4C)cn3C)cn1C)c1nnc(C)n1-2. The van der Waals surface area contributed by atoms with Crippen LogP contribution in [0.2, 0.25) is 5.02 Å². The summed E-state index contributed by atoms with van der Waals surface area (Å²) < 4.78 is 44.6. The van der Waals surface area contributed by atoms with Crippen LogP contribution in [0.4, 0.5) is 28.7 Å². The fourth-order valence-electron chi connectivity index (χ4n) is 12.8. The van der Waals surface area contributed by atoms with Gasteiger partial charge in [-0.25, -0.2) is 15.0 Å². The molecule has 654 valence electrons. The van der Waals surface area contributed by atoms with Gasteiger partial charge in [0, 0.05) is 159 Å². The van der Waals surface area contributed by atoms with Crippen molar-refractivity contribution in [2.75, 3.05) is 159 Å². The predicted molar refractivity (Wildman–Crippen MR) is 453 cm³/mol. The predicted octanol–water partition coefficient (Wildman–Crippen LogP) is 4.54. The molecule has 0 saturated carbocycles. The zero-order chi connectivity index (χ0) is 87.4. The molecule has 10 N–H and O–H groups in total. The van der Waals surface area contributed by atoms with Gasteiger partial charge in [0.25, 0.3) is 35.4 Å². The van der Waals surface area contributed by atoms with Gasteiger partial charge >= 0.3 is 0 Å². The highest BCUT2D eigenvalue weighted by Crippen LogP contribution is 2.40. The minimum Gasteiger partial charge on any atom is -0.379 e. The number of nitrogens with one attached hydrogen (secondary N) is 10. The molecule has 0 spiro atoms.